The third-order valence-corrected chi connectivity index (χ3v) is 5.62. The number of nitrogens with zero attached hydrogens (tertiary/aromatic N) is 4. The molecule has 1 aliphatic heterocycles. The number of H-pyrrole nitrogens is 1. The van der Waals surface area contributed by atoms with E-state index in [1.807, 2.05) is 0 Å². The number of fused-ring (bicyclic) bond motifs is 1. The molecule has 1 fully saturated rings. The molecule has 0 bridgehead atoms. The first-order valence-electron chi connectivity index (χ1n) is 9.60. The molecule has 0 aliphatic carbocycles. The van der Waals surface area contributed by atoms with Gasteiger partial charge in [-0.3, -0.25) is 4.57 Å². The van der Waals surface area contributed by atoms with Crippen LogP contribution in [0.1, 0.15) is 12.0 Å². The summed E-state index contributed by atoms with van der Waals surface area (Å²) in [4.78, 5) is 26.0. The first kappa shape index (κ1) is 21.6. The van der Waals surface area contributed by atoms with Crippen LogP contribution >= 0.6 is 15.9 Å². The third kappa shape index (κ3) is 5.18. The van der Waals surface area contributed by atoms with Crippen molar-refractivity contribution in [3.05, 3.63) is 44.9 Å². The van der Waals surface area contributed by atoms with Gasteiger partial charge in [-0.25, -0.2) is 9.78 Å². The minimum atomic E-state index is -4.85. The van der Waals surface area contributed by atoms with Gasteiger partial charge in [0.2, 0.25) is 5.95 Å². The fourth-order valence-corrected chi connectivity index (χ4v) is 4.08. The van der Waals surface area contributed by atoms with Gasteiger partial charge in [-0.2, -0.15) is 4.98 Å². The Hall–Kier alpha value is -2.60. The van der Waals surface area contributed by atoms with Crippen LogP contribution in [0, 0.1) is 5.92 Å². The van der Waals surface area contributed by atoms with Gasteiger partial charge in [-0.15, -0.1) is 13.2 Å². The number of hydrogen-bond donors (Lipinski definition) is 2. The van der Waals surface area contributed by atoms with Gasteiger partial charge >= 0.3 is 12.1 Å². The molecule has 3 heterocycles. The Kier molecular flexibility index (Phi) is 5.93. The van der Waals surface area contributed by atoms with Crippen LogP contribution in [0.5, 0.6) is 5.75 Å². The molecule has 1 saturated heterocycles. The number of imidazole rings is 1. The van der Waals surface area contributed by atoms with Crippen molar-refractivity contribution in [3.8, 4) is 5.75 Å². The standard InChI is InChI=1S/C19H20BrF3N6O2/c1-28-5-4-11(9-28)7-24-17-25-8-14-16(27-17)29(18(30)26-14)10-12-6-13(20)2-3-15(12)31-19(21,22)23/h2-3,6,8,11H,4-5,7,9-10H2,1H3,(H,26,30)(H,24,25,27)/t11-/m0/s1. The summed E-state index contributed by atoms with van der Waals surface area (Å²) in [6.07, 6.45) is -2.29. The highest BCUT2D eigenvalue weighted by Crippen LogP contribution is 2.29. The molecule has 1 aromatic carbocycles. The predicted molar refractivity (Wildman–Crippen MR) is 112 cm³/mol. The third-order valence-electron chi connectivity index (χ3n) is 5.13. The number of alkyl halides is 3. The topological polar surface area (TPSA) is 88.1 Å². The maximum Gasteiger partial charge on any atom is 0.573 e. The number of halogens is 4. The van der Waals surface area contributed by atoms with Crippen molar-refractivity contribution in [3.63, 3.8) is 0 Å². The molecule has 0 saturated carbocycles. The minimum absolute atomic E-state index is 0.159. The van der Waals surface area contributed by atoms with E-state index in [0.29, 0.717) is 34.0 Å². The number of likely N-dealkylation sites (tertiary alicyclic amines) is 1. The van der Waals surface area contributed by atoms with E-state index in [1.165, 1.54) is 29.0 Å². The van der Waals surface area contributed by atoms with Gasteiger partial charge in [0.15, 0.2) is 5.65 Å². The van der Waals surface area contributed by atoms with Crippen molar-refractivity contribution < 1.29 is 17.9 Å². The van der Waals surface area contributed by atoms with Gasteiger partial charge in [0.25, 0.3) is 0 Å². The molecular weight excluding hydrogens is 481 g/mol. The Morgan fingerprint density at radius 1 is 1.39 bits per heavy atom. The van der Waals surface area contributed by atoms with Crippen LogP contribution in [0.3, 0.4) is 0 Å². The van der Waals surface area contributed by atoms with E-state index in [2.05, 4.69) is 52.9 Å². The van der Waals surface area contributed by atoms with Gasteiger partial charge in [0.1, 0.15) is 11.3 Å². The van der Waals surface area contributed by atoms with Crippen molar-refractivity contribution in [2.75, 3.05) is 32.0 Å². The van der Waals surface area contributed by atoms with Gasteiger partial charge in [-0.1, -0.05) is 15.9 Å². The predicted octanol–water partition coefficient (Wildman–Crippen LogP) is 3.19. The van der Waals surface area contributed by atoms with E-state index in [9.17, 15) is 18.0 Å². The molecule has 12 heteroatoms. The molecule has 31 heavy (non-hydrogen) atoms. The summed E-state index contributed by atoms with van der Waals surface area (Å²) < 4.78 is 44.3. The van der Waals surface area contributed by atoms with Crippen LogP contribution in [-0.2, 0) is 6.54 Å². The summed E-state index contributed by atoms with van der Waals surface area (Å²) in [5, 5.41) is 3.19. The second-order valence-corrected chi connectivity index (χ2v) is 8.46. The average molecular weight is 501 g/mol. The van der Waals surface area contributed by atoms with Crippen molar-refractivity contribution in [2.24, 2.45) is 5.92 Å². The lowest BCUT2D eigenvalue weighted by Gasteiger charge is -2.14. The van der Waals surface area contributed by atoms with Crippen molar-refractivity contribution in [1.29, 1.82) is 0 Å². The quantitative estimate of drug-likeness (QED) is 0.540. The molecule has 1 aliphatic rings. The van der Waals surface area contributed by atoms with Crippen LogP contribution in [0.15, 0.2) is 33.7 Å². The maximum atomic E-state index is 12.8. The average Bonchev–Trinajstić information content (AvgIpc) is 3.24. The fraction of sp³-hybridized carbons (Fsp3) is 0.421. The van der Waals surface area contributed by atoms with Gasteiger partial charge in [0, 0.05) is 23.1 Å². The Balaban J connectivity index is 1.61. The minimum Gasteiger partial charge on any atom is -0.405 e. The summed E-state index contributed by atoms with van der Waals surface area (Å²) in [6, 6.07) is 4.11. The zero-order valence-electron chi connectivity index (χ0n) is 16.5. The Labute approximate surface area is 183 Å². The number of benzene rings is 1. The molecule has 0 radical (unpaired) electrons. The smallest absolute Gasteiger partial charge is 0.405 e. The second kappa shape index (κ2) is 8.50. The van der Waals surface area contributed by atoms with E-state index in [4.69, 9.17) is 0 Å². The Bertz CT molecular complexity index is 1150. The number of aromatic nitrogens is 4. The Morgan fingerprint density at radius 3 is 2.90 bits per heavy atom. The highest BCUT2D eigenvalue weighted by atomic mass is 79.9. The number of aromatic amines is 1. The maximum absolute atomic E-state index is 12.8. The number of nitrogens with one attached hydrogen (secondary N) is 2. The molecule has 2 aromatic heterocycles. The highest BCUT2D eigenvalue weighted by Gasteiger charge is 2.32. The molecule has 1 atom stereocenters. The summed E-state index contributed by atoms with van der Waals surface area (Å²) in [7, 11) is 2.07. The Morgan fingerprint density at radius 2 is 2.19 bits per heavy atom. The van der Waals surface area contributed by atoms with Gasteiger partial charge in [-0.05, 0) is 44.1 Å². The molecule has 166 valence electrons. The lowest BCUT2D eigenvalue weighted by molar-refractivity contribution is -0.274. The molecule has 3 aromatic rings. The first-order chi connectivity index (χ1) is 14.7. The van der Waals surface area contributed by atoms with Gasteiger partial charge < -0.3 is 19.9 Å². The first-order valence-corrected chi connectivity index (χ1v) is 10.4. The lowest BCUT2D eigenvalue weighted by atomic mass is 10.1. The van der Waals surface area contributed by atoms with E-state index >= 15 is 0 Å². The highest BCUT2D eigenvalue weighted by molar-refractivity contribution is 9.10. The number of hydrogen-bond acceptors (Lipinski definition) is 6. The molecule has 0 amide bonds. The van der Waals surface area contributed by atoms with E-state index in [0.717, 1.165) is 19.5 Å². The zero-order chi connectivity index (χ0) is 22.2. The van der Waals surface area contributed by atoms with Crippen LogP contribution in [-0.4, -0.2) is 57.5 Å². The summed E-state index contributed by atoms with van der Waals surface area (Å²) >= 11 is 3.25. The van der Waals surface area contributed by atoms with Gasteiger partial charge in [0.05, 0.1) is 12.7 Å². The van der Waals surface area contributed by atoms with Crippen molar-refractivity contribution in [1.82, 2.24) is 24.4 Å². The number of ether oxygens (including phenoxy) is 1. The van der Waals surface area contributed by atoms with E-state index in [-0.39, 0.29) is 17.9 Å². The van der Waals surface area contributed by atoms with E-state index in [1.54, 1.807) is 0 Å². The van der Waals surface area contributed by atoms with Crippen molar-refractivity contribution in [2.45, 2.75) is 19.3 Å². The zero-order valence-corrected chi connectivity index (χ0v) is 18.1. The fourth-order valence-electron chi connectivity index (χ4n) is 3.67. The summed E-state index contributed by atoms with van der Waals surface area (Å²) in [6.45, 7) is 2.56. The normalized spacial score (nSPS) is 17.4. The molecule has 0 unspecified atom stereocenters. The van der Waals surface area contributed by atoms with E-state index < -0.39 is 12.1 Å². The van der Waals surface area contributed by atoms with Crippen LogP contribution in [0.4, 0.5) is 19.1 Å². The molecule has 2 N–H and O–H groups in total. The lowest BCUT2D eigenvalue weighted by Crippen LogP contribution is -2.21. The summed E-state index contributed by atoms with van der Waals surface area (Å²) in [5.74, 6) is 0.451. The monoisotopic (exact) mass is 500 g/mol. The summed E-state index contributed by atoms with van der Waals surface area (Å²) in [5.41, 5.74) is 0.363. The number of rotatable bonds is 6. The molecular formula is C19H20BrF3N6O2. The largest absolute Gasteiger partial charge is 0.573 e. The van der Waals surface area contributed by atoms with Crippen LogP contribution in [0.25, 0.3) is 11.2 Å². The van der Waals surface area contributed by atoms with Crippen LogP contribution in [0.2, 0.25) is 0 Å². The SMILES string of the molecule is CN1CC[C@@H](CNc2ncc3[nH]c(=O)n(Cc4cc(Br)ccc4OC(F)(F)F)c3n2)C1. The molecule has 4 rings (SSSR count). The second-order valence-electron chi connectivity index (χ2n) is 7.54. The molecule has 0 spiro atoms. The van der Waals surface area contributed by atoms with Crippen molar-refractivity contribution >= 4 is 33.0 Å². The van der Waals surface area contributed by atoms with Crippen LogP contribution < -0.4 is 15.7 Å². The molecule has 8 nitrogen and oxygen atoms in total. The number of anilines is 1.